The highest BCUT2D eigenvalue weighted by atomic mass is 16.7. The van der Waals surface area contributed by atoms with Gasteiger partial charge in [-0.3, -0.25) is 0 Å². The Morgan fingerprint density at radius 1 is 0.477 bits per heavy atom. The van der Waals surface area contributed by atoms with Crippen molar-refractivity contribution < 1.29 is 9.47 Å². The molecule has 0 spiro atoms. The van der Waals surface area contributed by atoms with Gasteiger partial charge >= 0.3 is 0 Å². The first-order chi connectivity index (χ1) is 21.7. The summed E-state index contributed by atoms with van der Waals surface area (Å²) >= 11 is 0. The van der Waals surface area contributed by atoms with Gasteiger partial charge in [0.05, 0.1) is 0 Å². The molecule has 44 heavy (non-hydrogen) atoms. The van der Waals surface area contributed by atoms with E-state index in [9.17, 15) is 0 Å². The molecule has 3 nitrogen and oxygen atoms in total. The molecule has 0 saturated heterocycles. The number of allylic oxidation sites excluding steroid dienone is 6. The van der Waals surface area contributed by atoms with E-state index in [0.29, 0.717) is 0 Å². The van der Waals surface area contributed by atoms with Gasteiger partial charge in [0.25, 0.3) is 0 Å². The van der Waals surface area contributed by atoms with Gasteiger partial charge in [0, 0.05) is 25.8 Å². The number of nitrogens with zero attached hydrogens (tertiary/aromatic N) is 1. The smallest absolute Gasteiger partial charge is 0.241 e. The minimum absolute atomic E-state index is 0.0725. The van der Waals surface area contributed by atoms with E-state index in [2.05, 4.69) is 57.1 Å². The first kappa shape index (κ1) is 40.8. The van der Waals surface area contributed by atoms with Gasteiger partial charge in [0.1, 0.15) is 11.5 Å². The molecule has 0 radical (unpaired) electrons. The van der Waals surface area contributed by atoms with Crippen LogP contribution in [-0.4, -0.2) is 31.8 Å². The minimum atomic E-state index is -0.0725. The third-order valence-electron chi connectivity index (χ3n) is 9.03. The van der Waals surface area contributed by atoms with Gasteiger partial charge in [-0.05, 0) is 59.0 Å². The van der Waals surface area contributed by atoms with Crippen LogP contribution in [0.2, 0.25) is 0 Å². The number of hydrogen-bond acceptors (Lipinski definition) is 3. The Balaban J connectivity index is 2.12. The zero-order chi connectivity index (χ0) is 31.8. The van der Waals surface area contributed by atoms with Gasteiger partial charge < -0.3 is 14.4 Å². The van der Waals surface area contributed by atoms with Gasteiger partial charge in [-0.15, -0.1) is 0 Å². The van der Waals surface area contributed by atoms with Crippen LogP contribution in [0.4, 0.5) is 0 Å². The minimum Gasteiger partial charge on any atom is -0.456 e. The Hall–Kier alpha value is -1.22. The maximum absolute atomic E-state index is 6.34. The average Bonchev–Trinajstić information content (AvgIpc) is 3.41. The monoisotopic (exact) mass is 616 g/mol. The van der Waals surface area contributed by atoms with Crippen molar-refractivity contribution in [1.82, 2.24) is 4.90 Å². The van der Waals surface area contributed by atoms with E-state index in [1.807, 2.05) is 0 Å². The normalized spacial score (nSPS) is 15.3. The lowest BCUT2D eigenvalue weighted by atomic mass is 10.0. The van der Waals surface area contributed by atoms with Crippen molar-refractivity contribution in [2.45, 2.75) is 206 Å². The molecular weight excluding hydrogens is 538 g/mol. The molecule has 0 fully saturated rings. The Morgan fingerprint density at radius 2 is 0.841 bits per heavy atom. The predicted molar refractivity (Wildman–Crippen MR) is 195 cm³/mol. The summed E-state index contributed by atoms with van der Waals surface area (Å²) in [4.78, 5) is 2.22. The summed E-state index contributed by atoms with van der Waals surface area (Å²) in [6, 6.07) is 0. The molecule has 0 saturated carbocycles. The fourth-order valence-electron chi connectivity index (χ4n) is 6.10. The third kappa shape index (κ3) is 26.0. The van der Waals surface area contributed by atoms with Crippen molar-refractivity contribution in [3.63, 3.8) is 0 Å². The number of rotatable bonds is 33. The van der Waals surface area contributed by atoms with Gasteiger partial charge in [0.15, 0.2) is 0 Å². The molecule has 0 aromatic rings. The van der Waals surface area contributed by atoms with Gasteiger partial charge in [0.2, 0.25) is 6.29 Å². The first-order valence-corrected chi connectivity index (χ1v) is 19.7. The average molecular weight is 616 g/mol. The molecule has 1 unspecified atom stereocenters. The summed E-state index contributed by atoms with van der Waals surface area (Å²) in [5.41, 5.74) is 0. The van der Waals surface area contributed by atoms with Crippen LogP contribution >= 0.6 is 0 Å². The third-order valence-corrected chi connectivity index (χ3v) is 9.03. The van der Waals surface area contributed by atoms with E-state index < -0.39 is 0 Å². The van der Waals surface area contributed by atoms with E-state index in [4.69, 9.17) is 9.47 Å². The molecule has 1 rings (SSSR count). The van der Waals surface area contributed by atoms with E-state index in [1.54, 1.807) is 0 Å². The topological polar surface area (TPSA) is 21.7 Å². The van der Waals surface area contributed by atoms with E-state index in [1.165, 1.54) is 172 Å². The van der Waals surface area contributed by atoms with Crippen molar-refractivity contribution >= 4 is 0 Å². The molecule has 1 aliphatic rings. The molecule has 1 aliphatic heterocycles. The predicted octanol–water partition coefficient (Wildman–Crippen LogP) is 13.6. The zero-order valence-electron chi connectivity index (χ0n) is 30.4. The lowest BCUT2D eigenvalue weighted by Gasteiger charge is -2.15. The van der Waals surface area contributed by atoms with E-state index in [-0.39, 0.29) is 6.29 Å². The van der Waals surface area contributed by atoms with Crippen LogP contribution in [0.15, 0.2) is 35.8 Å². The molecule has 0 N–H and O–H groups in total. The zero-order valence-corrected chi connectivity index (χ0v) is 30.4. The van der Waals surface area contributed by atoms with Crippen LogP contribution in [0, 0.1) is 0 Å². The SMILES string of the molecule is CCCCC/C=C\C/C=C\CCCCCCCC1=C(CCCCCCCCCCCCCCCCC)OC(CCN(C)C)O1. The number of unbranched alkanes of at least 4 members (excludes halogenated alkanes) is 22. The number of hydrogen-bond donors (Lipinski definition) is 0. The molecule has 0 bridgehead atoms. The standard InChI is InChI=1S/C41H77NO2/c1-5-7-9-11-13-15-17-19-21-23-25-27-29-31-33-35-39-40(44-41(43-39)37-38-42(3)4)36-34-32-30-28-26-24-22-20-18-16-14-12-10-8-6-2/h13,15,19,21,41H,5-12,14,16-18,20,22-38H2,1-4H3/b15-13-,21-19-. The van der Waals surface area contributed by atoms with Crippen molar-refractivity contribution in [1.29, 1.82) is 0 Å². The van der Waals surface area contributed by atoms with Gasteiger partial charge in [-0.2, -0.15) is 0 Å². The van der Waals surface area contributed by atoms with Gasteiger partial charge in [-0.25, -0.2) is 0 Å². The Labute approximate surface area is 276 Å². The van der Waals surface area contributed by atoms with Crippen LogP contribution in [0.5, 0.6) is 0 Å². The van der Waals surface area contributed by atoms with Crippen LogP contribution in [-0.2, 0) is 9.47 Å². The molecule has 0 amide bonds. The molecule has 0 aromatic heterocycles. The molecule has 1 atom stereocenters. The fraction of sp³-hybridized carbons (Fsp3) is 0.854. The summed E-state index contributed by atoms with van der Waals surface area (Å²) in [6.45, 7) is 5.58. The number of ether oxygens (including phenoxy) is 2. The lowest BCUT2D eigenvalue weighted by Crippen LogP contribution is -2.20. The van der Waals surface area contributed by atoms with Crippen LogP contribution in [0.25, 0.3) is 0 Å². The maximum Gasteiger partial charge on any atom is 0.241 e. The Kier molecular flexibility index (Phi) is 29.4. The second kappa shape index (κ2) is 31.7. The van der Waals surface area contributed by atoms with Crippen LogP contribution in [0.3, 0.4) is 0 Å². The van der Waals surface area contributed by atoms with Crippen molar-refractivity contribution in [3.8, 4) is 0 Å². The highest BCUT2D eigenvalue weighted by molar-refractivity contribution is 5.06. The summed E-state index contributed by atoms with van der Waals surface area (Å²) in [5, 5.41) is 0. The second-order valence-corrected chi connectivity index (χ2v) is 13.8. The Morgan fingerprint density at radius 3 is 1.27 bits per heavy atom. The van der Waals surface area contributed by atoms with Crippen molar-refractivity contribution in [2.24, 2.45) is 0 Å². The van der Waals surface area contributed by atoms with Crippen molar-refractivity contribution in [3.05, 3.63) is 35.8 Å². The van der Waals surface area contributed by atoms with E-state index in [0.717, 1.165) is 32.2 Å². The molecule has 0 aliphatic carbocycles. The van der Waals surface area contributed by atoms with Crippen molar-refractivity contribution in [2.75, 3.05) is 20.6 Å². The van der Waals surface area contributed by atoms with E-state index >= 15 is 0 Å². The summed E-state index contributed by atoms with van der Waals surface area (Å²) in [6.07, 6.45) is 47.6. The lowest BCUT2D eigenvalue weighted by molar-refractivity contribution is -0.0502. The highest BCUT2D eigenvalue weighted by Gasteiger charge is 2.26. The van der Waals surface area contributed by atoms with Crippen LogP contribution < -0.4 is 0 Å². The first-order valence-electron chi connectivity index (χ1n) is 19.7. The molecule has 0 aromatic carbocycles. The van der Waals surface area contributed by atoms with Crippen LogP contribution in [0.1, 0.15) is 200 Å². The summed E-state index contributed by atoms with van der Waals surface area (Å²) in [5.74, 6) is 2.35. The quantitative estimate of drug-likeness (QED) is 0.0541. The largest absolute Gasteiger partial charge is 0.456 e. The molecule has 1 heterocycles. The molecule has 3 heteroatoms. The molecule has 258 valence electrons. The molecular formula is C41H77NO2. The fourth-order valence-corrected chi connectivity index (χ4v) is 6.10. The van der Waals surface area contributed by atoms with Gasteiger partial charge in [-0.1, -0.05) is 160 Å². The Bertz CT molecular complexity index is 695. The second-order valence-electron chi connectivity index (χ2n) is 13.8. The maximum atomic E-state index is 6.34. The summed E-state index contributed by atoms with van der Waals surface area (Å²) < 4.78 is 12.7. The highest BCUT2D eigenvalue weighted by Crippen LogP contribution is 2.31. The summed E-state index contributed by atoms with van der Waals surface area (Å²) in [7, 11) is 4.25.